The molecule has 0 aliphatic carbocycles. The maximum Gasteiger partial charge on any atom is 0.405 e. The number of carbonyl (C=O) groups excluding carboxylic acids is 3. The van der Waals surface area contributed by atoms with E-state index in [1.54, 1.807) is 11.7 Å². The number of aromatic nitrogens is 3. The summed E-state index contributed by atoms with van der Waals surface area (Å²) >= 11 is 0. The van der Waals surface area contributed by atoms with E-state index in [0.29, 0.717) is 11.9 Å². The van der Waals surface area contributed by atoms with Crippen molar-refractivity contribution in [3.05, 3.63) is 59.7 Å². The number of carbonyl (C=O) groups is 4. The number of hydrogen-bond acceptors (Lipinski definition) is 6. The molecule has 3 N–H and O–H groups in total. The van der Waals surface area contributed by atoms with Gasteiger partial charge in [-0.3, -0.25) is 14.4 Å². The predicted molar refractivity (Wildman–Crippen MR) is 125 cm³/mol. The van der Waals surface area contributed by atoms with Crippen molar-refractivity contribution in [3.8, 4) is 0 Å². The lowest BCUT2D eigenvalue weighted by Crippen LogP contribution is -2.53. The second-order valence-electron chi connectivity index (χ2n) is 8.51. The van der Waals surface area contributed by atoms with Gasteiger partial charge in [-0.15, -0.1) is 5.10 Å². The summed E-state index contributed by atoms with van der Waals surface area (Å²) in [5.41, 5.74) is 3.28. The van der Waals surface area contributed by atoms with Gasteiger partial charge in [0.2, 0.25) is 11.8 Å². The first-order chi connectivity index (χ1) is 16.8. The van der Waals surface area contributed by atoms with Crippen molar-refractivity contribution in [2.75, 3.05) is 6.54 Å². The summed E-state index contributed by atoms with van der Waals surface area (Å²) in [4.78, 5) is 50.9. The number of fused-ring (bicyclic) bond motifs is 1. The van der Waals surface area contributed by atoms with Crippen LogP contribution in [0.1, 0.15) is 24.0 Å². The minimum atomic E-state index is -1.35. The van der Waals surface area contributed by atoms with E-state index >= 15 is 0 Å². The molecule has 1 saturated heterocycles. The summed E-state index contributed by atoms with van der Waals surface area (Å²) in [5, 5.41) is 22.3. The van der Waals surface area contributed by atoms with Crippen LogP contribution in [-0.2, 0) is 34.4 Å². The number of aryl methyl sites for hydroxylation is 2. The highest BCUT2D eigenvalue weighted by atomic mass is 16.4. The molecule has 11 heteroatoms. The van der Waals surface area contributed by atoms with Gasteiger partial charge in [0.25, 0.3) is 0 Å². The van der Waals surface area contributed by atoms with Crippen LogP contribution >= 0.6 is 0 Å². The van der Waals surface area contributed by atoms with E-state index in [1.807, 2.05) is 48.5 Å². The van der Waals surface area contributed by atoms with Gasteiger partial charge in [-0.05, 0) is 36.1 Å². The number of nitrogens with one attached hydrogen (secondary N) is 2. The zero-order valence-electron chi connectivity index (χ0n) is 19.2. The maximum absolute atomic E-state index is 13.2. The van der Waals surface area contributed by atoms with Gasteiger partial charge in [0, 0.05) is 20.0 Å². The number of nitrogens with zero attached hydrogens (tertiary/aromatic N) is 4. The lowest BCUT2D eigenvalue weighted by molar-refractivity contribution is -0.140. The Labute approximate surface area is 201 Å². The molecule has 4 rings (SSSR count). The van der Waals surface area contributed by atoms with Gasteiger partial charge in [-0.2, -0.15) is 0 Å². The van der Waals surface area contributed by atoms with Crippen LogP contribution in [0.3, 0.4) is 0 Å². The molecule has 11 nitrogen and oxygen atoms in total. The average Bonchev–Trinajstić information content (AvgIpc) is 3.42. The first kappa shape index (κ1) is 23.9. The van der Waals surface area contributed by atoms with E-state index in [1.165, 1.54) is 4.90 Å². The maximum atomic E-state index is 13.2. The second-order valence-corrected chi connectivity index (χ2v) is 8.51. The van der Waals surface area contributed by atoms with Crippen LogP contribution in [0, 0.1) is 0 Å². The molecule has 1 aliphatic heterocycles. The van der Waals surface area contributed by atoms with Crippen LogP contribution in [0.4, 0.5) is 4.79 Å². The fourth-order valence-corrected chi connectivity index (χ4v) is 4.22. The van der Waals surface area contributed by atoms with Crippen molar-refractivity contribution in [1.82, 2.24) is 30.5 Å². The third kappa shape index (κ3) is 5.62. The number of benzene rings is 2. The predicted octanol–water partition coefficient (Wildman–Crippen LogP) is 1.02. The third-order valence-electron chi connectivity index (χ3n) is 6.03. The van der Waals surface area contributed by atoms with Gasteiger partial charge in [0.1, 0.15) is 17.6 Å². The smallest absolute Gasteiger partial charge is 0.405 e. The second kappa shape index (κ2) is 10.3. The molecule has 0 spiro atoms. The third-order valence-corrected chi connectivity index (χ3v) is 6.03. The Kier molecular flexibility index (Phi) is 7.04. The van der Waals surface area contributed by atoms with E-state index in [9.17, 15) is 24.3 Å². The molecule has 3 aromatic rings. The molecule has 1 aliphatic rings. The summed E-state index contributed by atoms with van der Waals surface area (Å²) in [6, 6.07) is 12.8. The van der Waals surface area contributed by atoms with E-state index in [0.717, 1.165) is 16.6 Å². The van der Waals surface area contributed by atoms with Gasteiger partial charge >= 0.3 is 6.09 Å². The summed E-state index contributed by atoms with van der Waals surface area (Å²) in [5.74, 6) is -1.31. The summed E-state index contributed by atoms with van der Waals surface area (Å²) in [7, 11) is 1.78. The van der Waals surface area contributed by atoms with Crippen molar-refractivity contribution in [3.63, 3.8) is 0 Å². The fourth-order valence-electron chi connectivity index (χ4n) is 4.22. The zero-order chi connectivity index (χ0) is 24.9. The first-order valence-corrected chi connectivity index (χ1v) is 11.2. The average molecular weight is 479 g/mol. The van der Waals surface area contributed by atoms with Gasteiger partial charge in [0.05, 0.1) is 12.1 Å². The van der Waals surface area contributed by atoms with Crippen molar-refractivity contribution >= 4 is 34.7 Å². The minimum absolute atomic E-state index is 0.112. The summed E-state index contributed by atoms with van der Waals surface area (Å²) in [6.07, 6.45) is -0.797. The standard InChI is InChI=1S/C24H26N6O5/c1-29-20-10-8-16(11-19(20)27-28-29)13-25-22(32)21-12-17(31)14-30(21)23(33)18(26-24(34)35)9-7-15-5-3-2-4-6-15/h2-6,8,10-11,18,21,26H,7,9,12-14H2,1H3,(H,25,32)(H,34,35)/t18-,21+/m1/s1. The Balaban J connectivity index is 1.43. The van der Waals surface area contributed by atoms with E-state index in [4.69, 9.17) is 0 Å². The van der Waals surface area contributed by atoms with Crippen molar-refractivity contribution in [1.29, 1.82) is 0 Å². The number of likely N-dealkylation sites (tertiary alicyclic amines) is 1. The van der Waals surface area contributed by atoms with E-state index in [2.05, 4.69) is 20.9 Å². The normalized spacial score (nSPS) is 16.3. The van der Waals surface area contributed by atoms with E-state index in [-0.39, 0.29) is 31.7 Å². The highest BCUT2D eigenvalue weighted by molar-refractivity contribution is 6.00. The number of carboxylic acid groups (broad SMARTS) is 1. The van der Waals surface area contributed by atoms with Gasteiger partial charge < -0.3 is 20.6 Å². The molecular formula is C24H26N6O5. The molecule has 3 amide bonds. The molecule has 2 atom stereocenters. The number of rotatable bonds is 8. The highest BCUT2D eigenvalue weighted by Crippen LogP contribution is 2.19. The highest BCUT2D eigenvalue weighted by Gasteiger charge is 2.41. The fraction of sp³-hybridized carbons (Fsp3) is 0.333. The molecular weight excluding hydrogens is 452 g/mol. The molecule has 2 aromatic carbocycles. The van der Waals surface area contributed by atoms with Crippen LogP contribution in [-0.4, -0.2) is 67.3 Å². The number of Topliss-reactive ketones (excluding diaryl/α,β-unsaturated/α-hetero) is 1. The molecule has 0 saturated carbocycles. The topological polar surface area (TPSA) is 147 Å². The van der Waals surface area contributed by atoms with Gasteiger partial charge in [-0.1, -0.05) is 41.6 Å². The van der Waals surface area contributed by atoms with Crippen LogP contribution in [0.25, 0.3) is 11.0 Å². The Morgan fingerprint density at radius 2 is 1.91 bits per heavy atom. The summed E-state index contributed by atoms with van der Waals surface area (Å²) in [6.45, 7) is -0.0471. The Morgan fingerprint density at radius 3 is 2.66 bits per heavy atom. The van der Waals surface area contributed by atoms with Crippen LogP contribution < -0.4 is 10.6 Å². The van der Waals surface area contributed by atoms with E-state index < -0.39 is 30.0 Å². The first-order valence-electron chi connectivity index (χ1n) is 11.2. The van der Waals surface area contributed by atoms with Gasteiger partial charge in [0.15, 0.2) is 5.78 Å². The lowest BCUT2D eigenvalue weighted by Gasteiger charge is -2.27. The Morgan fingerprint density at radius 1 is 1.14 bits per heavy atom. The quantitative estimate of drug-likeness (QED) is 0.438. The molecule has 2 heterocycles. The van der Waals surface area contributed by atoms with Crippen LogP contribution in [0.5, 0.6) is 0 Å². The number of ketones is 1. The molecule has 0 unspecified atom stereocenters. The molecule has 0 bridgehead atoms. The van der Waals surface area contributed by atoms with Crippen molar-refractivity contribution in [2.24, 2.45) is 7.05 Å². The van der Waals surface area contributed by atoms with Crippen molar-refractivity contribution in [2.45, 2.75) is 37.9 Å². The van der Waals surface area contributed by atoms with Crippen LogP contribution in [0.15, 0.2) is 48.5 Å². The molecule has 1 fully saturated rings. The molecule has 0 radical (unpaired) electrons. The monoisotopic (exact) mass is 478 g/mol. The Hall–Kier alpha value is -4.28. The summed E-state index contributed by atoms with van der Waals surface area (Å²) < 4.78 is 1.64. The molecule has 1 aromatic heterocycles. The molecule has 182 valence electrons. The largest absolute Gasteiger partial charge is 0.465 e. The van der Waals surface area contributed by atoms with Gasteiger partial charge in [-0.25, -0.2) is 9.48 Å². The van der Waals surface area contributed by atoms with Crippen molar-refractivity contribution < 1.29 is 24.3 Å². The Bertz CT molecular complexity index is 1260. The minimum Gasteiger partial charge on any atom is -0.465 e. The lowest BCUT2D eigenvalue weighted by atomic mass is 10.0. The number of amides is 3. The SMILES string of the molecule is Cn1nnc2cc(CNC(=O)[C@@H]3CC(=O)CN3C(=O)[C@@H](CCc3ccccc3)NC(=O)O)ccc21. The van der Waals surface area contributed by atoms with Crippen LogP contribution in [0.2, 0.25) is 0 Å². The molecule has 35 heavy (non-hydrogen) atoms. The zero-order valence-corrected chi connectivity index (χ0v) is 19.2. The number of hydrogen-bond donors (Lipinski definition) is 3.